The zero-order chi connectivity index (χ0) is 14.7. The number of pyridine rings is 1. The summed E-state index contributed by atoms with van der Waals surface area (Å²) in [6.07, 6.45) is 3.93. The first kappa shape index (κ1) is 16.2. The van der Waals surface area contributed by atoms with Gasteiger partial charge in [-0.2, -0.15) is 4.57 Å². The maximum atomic E-state index is 12.3. The second-order valence-electron chi connectivity index (χ2n) is 4.90. The highest BCUT2D eigenvalue weighted by Crippen LogP contribution is 2.12. The third kappa shape index (κ3) is 3.52. The predicted molar refractivity (Wildman–Crippen MR) is 81.5 cm³/mol. The Kier molecular flexibility index (Phi) is 5.28. The Hall–Kier alpha value is -2.20. The van der Waals surface area contributed by atoms with Crippen molar-refractivity contribution in [2.45, 2.75) is 6.54 Å². The Morgan fingerprint density at radius 3 is 2.36 bits per heavy atom. The highest BCUT2D eigenvalue weighted by atomic mass is 79.9. The van der Waals surface area contributed by atoms with Crippen molar-refractivity contribution in [2.75, 3.05) is 7.11 Å². The molecule has 0 atom stereocenters. The summed E-state index contributed by atoms with van der Waals surface area (Å²) >= 11 is 0. The van der Waals surface area contributed by atoms with Crippen LogP contribution in [0.2, 0.25) is 0 Å². The monoisotopic (exact) mass is 357 g/mol. The van der Waals surface area contributed by atoms with Crippen LogP contribution in [0.15, 0.2) is 67.0 Å². The van der Waals surface area contributed by atoms with E-state index >= 15 is 0 Å². The van der Waals surface area contributed by atoms with E-state index in [1.807, 2.05) is 41.2 Å². The normalized spacial score (nSPS) is 10.0. The summed E-state index contributed by atoms with van der Waals surface area (Å²) in [6, 6.07) is 17.3. The molecule has 4 heteroatoms. The minimum atomic E-state index is 0. The number of rotatable bonds is 4. The maximum Gasteiger partial charge on any atom is 0.227 e. The number of ketones is 1. The summed E-state index contributed by atoms with van der Waals surface area (Å²) in [5, 5.41) is 2.30. The lowest BCUT2D eigenvalue weighted by Gasteiger charge is -2.02. The van der Waals surface area contributed by atoms with Crippen molar-refractivity contribution in [2.24, 2.45) is 0 Å². The molecule has 0 unspecified atom stereocenters. The summed E-state index contributed by atoms with van der Waals surface area (Å²) in [6.45, 7) is 0.331. The van der Waals surface area contributed by atoms with Crippen molar-refractivity contribution in [3.05, 3.63) is 72.6 Å². The number of aromatic nitrogens is 1. The number of carbonyl (C=O) groups is 1. The summed E-state index contributed by atoms with van der Waals surface area (Å²) in [5.74, 6) is 0.836. The lowest BCUT2D eigenvalue weighted by Crippen LogP contribution is -3.00. The number of hydrogen-bond acceptors (Lipinski definition) is 2. The van der Waals surface area contributed by atoms with Gasteiger partial charge < -0.3 is 21.7 Å². The molecule has 1 aromatic heterocycles. The van der Waals surface area contributed by atoms with Gasteiger partial charge in [0.25, 0.3) is 0 Å². The smallest absolute Gasteiger partial charge is 0.227 e. The van der Waals surface area contributed by atoms with E-state index in [9.17, 15) is 4.79 Å². The average Bonchev–Trinajstić information content (AvgIpc) is 2.55. The fourth-order valence-corrected chi connectivity index (χ4v) is 2.31. The van der Waals surface area contributed by atoms with Crippen molar-refractivity contribution in [3.8, 4) is 5.75 Å². The molecule has 22 heavy (non-hydrogen) atoms. The molecule has 0 aliphatic heterocycles. The van der Waals surface area contributed by atoms with Gasteiger partial charge in [-0.1, -0.05) is 18.2 Å². The van der Waals surface area contributed by atoms with Crippen molar-refractivity contribution in [3.63, 3.8) is 0 Å². The van der Waals surface area contributed by atoms with E-state index in [0.29, 0.717) is 12.1 Å². The van der Waals surface area contributed by atoms with Crippen LogP contribution in [0.3, 0.4) is 0 Å². The molecule has 0 aliphatic carbocycles. The largest absolute Gasteiger partial charge is 1.00 e. The summed E-state index contributed by atoms with van der Waals surface area (Å²) in [4.78, 5) is 12.3. The predicted octanol–water partition coefficient (Wildman–Crippen LogP) is 0.0228. The number of benzene rings is 2. The number of fused-ring (bicyclic) bond motifs is 1. The summed E-state index contributed by atoms with van der Waals surface area (Å²) in [5.41, 5.74) is 0.691. The first-order valence-corrected chi connectivity index (χ1v) is 6.81. The third-order valence-electron chi connectivity index (χ3n) is 3.48. The number of methoxy groups -OCH3 is 1. The highest BCUT2D eigenvalue weighted by Gasteiger charge is 2.12. The van der Waals surface area contributed by atoms with Gasteiger partial charge in [-0.3, -0.25) is 4.79 Å². The fraction of sp³-hybridized carbons (Fsp3) is 0.111. The van der Waals surface area contributed by atoms with Crippen molar-refractivity contribution < 1.29 is 31.1 Å². The third-order valence-corrected chi connectivity index (χ3v) is 3.48. The van der Waals surface area contributed by atoms with Crippen LogP contribution < -0.4 is 26.3 Å². The first-order chi connectivity index (χ1) is 10.3. The fourth-order valence-electron chi connectivity index (χ4n) is 2.31. The zero-order valence-corrected chi connectivity index (χ0v) is 13.8. The summed E-state index contributed by atoms with van der Waals surface area (Å²) in [7, 11) is 1.61. The van der Waals surface area contributed by atoms with Gasteiger partial charge in [-0.05, 0) is 35.7 Å². The SMILES string of the molecule is COc1ccc(C(=O)C[n+]2ccc3ccccc3c2)cc1.[Br-]. The van der Waals surface area contributed by atoms with Crippen LogP contribution in [0.5, 0.6) is 5.75 Å². The number of carbonyl (C=O) groups excluding carboxylic acids is 1. The standard InChI is InChI=1S/C18H16NO2.BrH/c1-21-17-8-6-15(7-9-17)18(20)13-19-11-10-14-4-2-3-5-16(14)12-19;/h2-12H,13H2,1H3;1H/q+1;/p-1. The molecular formula is C18H16BrNO2. The van der Waals surface area contributed by atoms with Crippen LogP contribution in [0.1, 0.15) is 10.4 Å². The quantitative estimate of drug-likeness (QED) is 0.487. The molecule has 0 aliphatic rings. The van der Waals surface area contributed by atoms with E-state index in [4.69, 9.17) is 4.74 Å². The maximum absolute atomic E-state index is 12.3. The van der Waals surface area contributed by atoms with Crippen LogP contribution in [0.4, 0.5) is 0 Å². The average molecular weight is 358 g/mol. The van der Waals surface area contributed by atoms with Gasteiger partial charge in [0.15, 0.2) is 12.4 Å². The molecule has 3 aromatic rings. The number of hydrogen-bond donors (Lipinski definition) is 0. The Morgan fingerprint density at radius 1 is 1.00 bits per heavy atom. The van der Waals surface area contributed by atoms with Crippen LogP contribution in [0.25, 0.3) is 10.8 Å². The molecule has 0 radical (unpaired) electrons. The van der Waals surface area contributed by atoms with E-state index in [1.165, 1.54) is 5.39 Å². The molecule has 3 rings (SSSR count). The molecule has 0 saturated heterocycles. The number of Topliss-reactive ketones (excluding diaryl/α,β-unsaturated/α-hetero) is 1. The summed E-state index contributed by atoms with van der Waals surface area (Å²) < 4.78 is 7.01. The van der Waals surface area contributed by atoms with Crippen molar-refractivity contribution >= 4 is 16.6 Å². The number of halogens is 1. The van der Waals surface area contributed by atoms with Crippen LogP contribution in [0, 0.1) is 0 Å². The van der Waals surface area contributed by atoms with Crippen molar-refractivity contribution in [1.29, 1.82) is 0 Å². The minimum absolute atomic E-state index is 0. The molecule has 0 spiro atoms. The Bertz CT molecular complexity index is 784. The molecule has 0 saturated carbocycles. The van der Waals surface area contributed by atoms with E-state index in [-0.39, 0.29) is 22.8 Å². The van der Waals surface area contributed by atoms with Gasteiger partial charge in [0, 0.05) is 17.0 Å². The van der Waals surface area contributed by atoms with Gasteiger partial charge in [-0.25, -0.2) is 0 Å². The van der Waals surface area contributed by atoms with Gasteiger partial charge in [0.1, 0.15) is 5.75 Å². The molecule has 112 valence electrons. The molecule has 1 heterocycles. The van der Waals surface area contributed by atoms with E-state index in [1.54, 1.807) is 31.4 Å². The van der Waals surface area contributed by atoms with Gasteiger partial charge in [-0.15, -0.1) is 0 Å². The molecular weight excluding hydrogens is 342 g/mol. The van der Waals surface area contributed by atoms with Crippen LogP contribution in [-0.2, 0) is 6.54 Å². The van der Waals surface area contributed by atoms with Crippen molar-refractivity contribution in [1.82, 2.24) is 0 Å². The van der Waals surface area contributed by atoms with Gasteiger partial charge in [0.05, 0.1) is 7.11 Å². The van der Waals surface area contributed by atoms with Crippen LogP contribution in [-0.4, -0.2) is 12.9 Å². The Morgan fingerprint density at radius 2 is 1.68 bits per heavy atom. The van der Waals surface area contributed by atoms with E-state index < -0.39 is 0 Å². The van der Waals surface area contributed by atoms with Crippen LogP contribution >= 0.6 is 0 Å². The van der Waals surface area contributed by atoms with E-state index in [0.717, 1.165) is 11.1 Å². The Labute approximate surface area is 139 Å². The van der Waals surface area contributed by atoms with Gasteiger partial charge >= 0.3 is 0 Å². The highest BCUT2D eigenvalue weighted by molar-refractivity contribution is 5.95. The molecule has 0 bridgehead atoms. The van der Waals surface area contributed by atoms with Gasteiger partial charge in [0.2, 0.25) is 12.3 Å². The molecule has 0 N–H and O–H groups in total. The zero-order valence-electron chi connectivity index (χ0n) is 12.2. The molecule has 0 amide bonds. The lowest BCUT2D eigenvalue weighted by molar-refractivity contribution is -0.681. The lowest BCUT2D eigenvalue weighted by atomic mass is 10.1. The first-order valence-electron chi connectivity index (χ1n) is 6.81. The Balaban J connectivity index is 0.00000176. The number of nitrogens with zero attached hydrogens (tertiary/aromatic N) is 1. The molecule has 2 aromatic carbocycles. The molecule has 3 nitrogen and oxygen atoms in total. The second kappa shape index (κ2) is 7.18. The second-order valence-corrected chi connectivity index (χ2v) is 4.90. The minimum Gasteiger partial charge on any atom is -1.00 e. The number of ether oxygens (including phenoxy) is 1. The molecule has 0 fully saturated rings. The topological polar surface area (TPSA) is 30.2 Å². The van der Waals surface area contributed by atoms with E-state index in [2.05, 4.69) is 6.07 Å².